The molecule has 2 rings (SSSR count). The van der Waals surface area contributed by atoms with Gasteiger partial charge in [0.05, 0.1) is 5.92 Å². The molecule has 0 heterocycles. The Morgan fingerprint density at radius 1 is 0.750 bits per heavy atom. The molecule has 0 bridgehead atoms. The van der Waals surface area contributed by atoms with Crippen LogP contribution in [0.3, 0.4) is 0 Å². The molecule has 0 aromatic heterocycles. The molecule has 0 aromatic rings. The zero-order valence-corrected chi connectivity index (χ0v) is 16.6. The van der Waals surface area contributed by atoms with Crippen LogP contribution in [0.1, 0.15) is 72.1 Å². The summed E-state index contributed by atoms with van der Waals surface area (Å²) in [7, 11) is 0. The van der Waals surface area contributed by atoms with Crippen molar-refractivity contribution in [2.75, 3.05) is 0 Å². The van der Waals surface area contributed by atoms with E-state index in [1.54, 1.807) is 6.92 Å². The molecule has 2 aliphatic carbocycles. The van der Waals surface area contributed by atoms with Crippen LogP contribution in [-0.4, -0.2) is 55.4 Å². The van der Waals surface area contributed by atoms with E-state index in [0.29, 0.717) is 18.8 Å². The van der Waals surface area contributed by atoms with Crippen molar-refractivity contribution in [3.8, 4) is 0 Å². The van der Waals surface area contributed by atoms with Gasteiger partial charge in [-0.3, -0.25) is 24.0 Å². The van der Waals surface area contributed by atoms with Gasteiger partial charge in [-0.2, -0.15) is 0 Å². The zero-order valence-electron chi connectivity index (χ0n) is 16.6. The van der Waals surface area contributed by atoms with Crippen molar-refractivity contribution >= 4 is 29.8 Å². The van der Waals surface area contributed by atoms with Gasteiger partial charge < -0.3 is 25.5 Å². The van der Waals surface area contributed by atoms with Gasteiger partial charge in [-0.25, -0.2) is 0 Å². The Morgan fingerprint density at radius 2 is 1.14 bits per heavy atom. The summed E-state index contributed by atoms with van der Waals surface area (Å²) >= 11 is 0. The average molecular weight is 408 g/mol. The summed E-state index contributed by atoms with van der Waals surface area (Å²) in [6, 6.07) is 0. The van der Waals surface area contributed by atoms with Crippen molar-refractivity contribution in [1.82, 2.24) is 0 Å². The lowest BCUT2D eigenvalue weighted by molar-refractivity contribution is -0.139. The van der Waals surface area contributed by atoms with Gasteiger partial charge in [-0.15, -0.1) is 0 Å². The molecule has 5 N–H and O–H groups in total. The van der Waals surface area contributed by atoms with Gasteiger partial charge in [0.1, 0.15) is 0 Å². The molecule has 0 atom stereocenters. The predicted octanol–water partition coefficient (Wildman–Crippen LogP) is 2.80. The summed E-state index contributed by atoms with van der Waals surface area (Å²) in [4.78, 5) is 47.6. The highest BCUT2D eigenvalue weighted by molar-refractivity contribution is 5.72. The molecule has 10 nitrogen and oxygen atoms in total. The molecule has 10 heteroatoms. The lowest BCUT2D eigenvalue weighted by atomic mass is 10.3. The van der Waals surface area contributed by atoms with Crippen LogP contribution >= 0.6 is 0 Å². The zero-order chi connectivity index (χ0) is 22.7. The second-order valence-electron chi connectivity index (χ2n) is 6.06. The molecular weight excluding hydrogens is 376 g/mol. The molecule has 0 unspecified atom stereocenters. The summed E-state index contributed by atoms with van der Waals surface area (Å²) in [6.07, 6.45) is 5.69. The Morgan fingerprint density at radius 3 is 1.18 bits per heavy atom. The maximum Gasteiger partial charge on any atom is 0.306 e. The van der Waals surface area contributed by atoms with Crippen molar-refractivity contribution in [2.45, 2.75) is 72.1 Å². The van der Waals surface area contributed by atoms with Crippen LogP contribution in [0.15, 0.2) is 0 Å². The highest BCUT2D eigenvalue weighted by atomic mass is 16.4. The van der Waals surface area contributed by atoms with Crippen LogP contribution in [-0.2, 0) is 24.0 Å². The number of carbonyl (C=O) groups is 5. The quantitative estimate of drug-likeness (QED) is 0.437. The Kier molecular flexibility index (Phi) is 20.5. The molecule has 164 valence electrons. The van der Waals surface area contributed by atoms with Crippen molar-refractivity contribution in [1.29, 1.82) is 0 Å². The molecular formula is C18H32O10. The fourth-order valence-electron chi connectivity index (χ4n) is 1.11. The lowest BCUT2D eigenvalue weighted by Crippen LogP contribution is -1.94. The SMILES string of the molecule is CC(=O)O.CCC(=O)O.CCCC(=O)O.O=C(O)C1CC1.O=C(O)CC1CC1. The first kappa shape index (κ1) is 30.1. The van der Waals surface area contributed by atoms with Gasteiger partial charge in [0.15, 0.2) is 0 Å². The fraction of sp³-hybridized carbons (Fsp3) is 0.722. The molecule has 2 aliphatic rings. The molecule has 0 amide bonds. The Balaban J connectivity index is -0.000000283. The standard InChI is InChI=1S/C5H8O2.C4H6O2.C4H8O2.C3H6O2.C2H4O2/c6-5(7)3-4-1-2-4;5-4(6)3-1-2-3;1-2-3-4(5)6;1-2-3(4)5;1-2(3)4/h4H,1-3H2,(H,6,7);3H,1-2H2,(H,5,6);2-3H2,1H3,(H,5,6);2H2,1H3,(H,4,5);1H3,(H,3,4). The molecule has 0 radical (unpaired) electrons. The number of aliphatic carboxylic acids is 5. The van der Waals surface area contributed by atoms with Crippen LogP contribution in [0.5, 0.6) is 0 Å². The summed E-state index contributed by atoms with van der Waals surface area (Å²) in [6.45, 7) is 4.52. The molecule has 0 aliphatic heterocycles. The predicted molar refractivity (Wildman–Crippen MR) is 99.1 cm³/mol. The fourth-order valence-corrected chi connectivity index (χ4v) is 1.11. The van der Waals surface area contributed by atoms with Crippen molar-refractivity contribution < 1.29 is 49.5 Å². The number of rotatable bonds is 6. The van der Waals surface area contributed by atoms with Crippen LogP contribution in [0.4, 0.5) is 0 Å². The third-order valence-electron chi connectivity index (χ3n) is 2.85. The Hall–Kier alpha value is -2.65. The van der Waals surface area contributed by atoms with Gasteiger partial charge in [-0.05, 0) is 38.0 Å². The molecule has 0 spiro atoms. The van der Waals surface area contributed by atoms with Crippen molar-refractivity contribution in [2.24, 2.45) is 11.8 Å². The van der Waals surface area contributed by atoms with E-state index in [0.717, 1.165) is 39.0 Å². The summed E-state index contributed by atoms with van der Waals surface area (Å²) in [5.41, 5.74) is 0. The van der Waals surface area contributed by atoms with E-state index in [1.807, 2.05) is 6.92 Å². The van der Waals surface area contributed by atoms with Crippen molar-refractivity contribution in [3.05, 3.63) is 0 Å². The third kappa shape index (κ3) is 43.6. The maximum atomic E-state index is 9.85. The van der Waals surface area contributed by atoms with Gasteiger partial charge in [-0.1, -0.05) is 13.8 Å². The minimum absolute atomic E-state index is 0.0185. The second kappa shape index (κ2) is 19.1. The lowest BCUT2D eigenvalue weighted by Gasteiger charge is -1.82. The number of hydrogen-bond donors (Lipinski definition) is 5. The summed E-state index contributed by atoms with van der Waals surface area (Å²) < 4.78 is 0. The highest BCUT2D eigenvalue weighted by Gasteiger charge is 2.28. The topological polar surface area (TPSA) is 186 Å². The smallest absolute Gasteiger partial charge is 0.306 e. The first-order valence-electron chi connectivity index (χ1n) is 8.94. The van der Waals surface area contributed by atoms with Crippen molar-refractivity contribution in [3.63, 3.8) is 0 Å². The average Bonchev–Trinajstić information content (AvgIpc) is 3.41. The first-order chi connectivity index (χ1) is 12.9. The van der Waals surface area contributed by atoms with E-state index < -0.39 is 29.8 Å². The third-order valence-corrected chi connectivity index (χ3v) is 2.85. The number of carboxylic acids is 5. The monoisotopic (exact) mass is 408 g/mol. The van der Waals surface area contributed by atoms with E-state index in [-0.39, 0.29) is 12.3 Å². The number of carboxylic acid groups (broad SMARTS) is 5. The Bertz CT molecular complexity index is 475. The maximum absolute atomic E-state index is 9.85. The normalized spacial score (nSPS) is 13.2. The van der Waals surface area contributed by atoms with Gasteiger partial charge in [0, 0.05) is 26.2 Å². The van der Waals surface area contributed by atoms with E-state index in [4.69, 9.17) is 30.3 Å². The largest absolute Gasteiger partial charge is 0.481 e. The van der Waals surface area contributed by atoms with Crippen LogP contribution in [0.2, 0.25) is 0 Å². The van der Waals surface area contributed by atoms with Gasteiger partial charge in [0.25, 0.3) is 5.97 Å². The highest BCUT2D eigenvalue weighted by Crippen LogP contribution is 2.31. The Labute approximate surface area is 164 Å². The van der Waals surface area contributed by atoms with Crippen LogP contribution < -0.4 is 0 Å². The summed E-state index contributed by atoms with van der Waals surface area (Å²) in [5.74, 6) is -3.03. The minimum Gasteiger partial charge on any atom is -0.481 e. The number of hydrogen-bond acceptors (Lipinski definition) is 5. The van der Waals surface area contributed by atoms with E-state index in [2.05, 4.69) is 0 Å². The molecule has 2 fully saturated rings. The molecule has 28 heavy (non-hydrogen) atoms. The van der Waals surface area contributed by atoms with Gasteiger partial charge >= 0.3 is 23.9 Å². The summed E-state index contributed by atoms with van der Waals surface area (Å²) in [5, 5.41) is 39.2. The van der Waals surface area contributed by atoms with Crippen LogP contribution in [0, 0.1) is 11.8 Å². The van der Waals surface area contributed by atoms with E-state index in [1.165, 1.54) is 0 Å². The molecule has 0 saturated heterocycles. The minimum atomic E-state index is -0.833. The molecule has 2 saturated carbocycles. The van der Waals surface area contributed by atoms with E-state index >= 15 is 0 Å². The van der Waals surface area contributed by atoms with Gasteiger partial charge in [0.2, 0.25) is 0 Å². The molecule has 0 aromatic carbocycles. The van der Waals surface area contributed by atoms with Crippen LogP contribution in [0.25, 0.3) is 0 Å². The second-order valence-corrected chi connectivity index (χ2v) is 6.06. The van der Waals surface area contributed by atoms with E-state index in [9.17, 15) is 19.2 Å². The first-order valence-corrected chi connectivity index (χ1v) is 8.94.